The van der Waals surface area contributed by atoms with Crippen LogP contribution in [0.3, 0.4) is 0 Å². The van der Waals surface area contributed by atoms with E-state index in [0.29, 0.717) is 22.6 Å². The number of carbonyl (C=O) groups is 2. The molecular weight excluding hydrogens is 338 g/mol. The number of fused-ring (bicyclic) bond motifs is 1. The quantitative estimate of drug-likeness (QED) is 0.562. The van der Waals surface area contributed by atoms with E-state index >= 15 is 0 Å². The molecule has 27 heavy (non-hydrogen) atoms. The van der Waals surface area contributed by atoms with Crippen LogP contribution in [-0.2, 0) is 7.05 Å². The molecule has 0 aliphatic carbocycles. The Morgan fingerprint density at radius 3 is 2.30 bits per heavy atom. The number of carbonyl (C=O) groups excluding carboxylic acids is 2. The number of rotatable bonds is 4. The Balaban J connectivity index is 1.51. The van der Waals surface area contributed by atoms with Gasteiger partial charge in [-0.1, -0.05) is 30.3 Å². The van der Waals surface area contributed by atoms with Crippen molar-refractivity contribution in [1.29, 1.82) is 0 Å². The van der Waals surface area contributed by atoms with E-state index in [1.807, 2.05) is 36.4 Å². The average Bonchev–Trinajstić information content (AvgIpc) is 3.13. The minimum atomic E-state index is -0.191. The predicted octanol–water partition coefficient (Wildman–Crippen LogP) is 4.06. The zero-order valence-corrected chi connectivity index (χ0v) is 14.7. The molecule has 0 unspecified atom stereocenters. The molecule has 0 fully saturated rings. The number of nitrogens with one attached hydrogen (secondary N) is 1. The van der Waals surface area contributed by atoms with E-state index in [2.05, 4.69) is 10.3 Å². The summed E-state index contributed by atoms with van der Waals surface area (Å²) in [5, 5.41) is 4.97. The fourth-order valence-corrected chi connectivity index (χ4v) is 2.95. The van der Waals surface area contributed by atoms with Gasteiger partial charge in [-0.05, 0) is 47.2 Å². The van der Waals surface area contributed by atoms with E-state index < -0.39 is 0 Å². The lowest BCUT2D eigenvalue weighted by atomic mass is 10.1. The summed E-state index contributed by atoms with van der Waals surface area (Å²) < 4.78 is 1.68. The molecule has 1 aromatic heterocycles. The maximum atomic E-state index is 12.5. The van der Waals surface area contributed by atoms with E-state index in [1.54, 1.807) is 54.3 Å². The molecule has 0 spiro atoms. The molecule has 4 rings (SSSR count). The van der Waals surface area contributed by atoms with Crippen molar-refractivity contribution in [2.24, 2.45) is 7.05 Å². The monoisotopic (exact) mass is 355 g/mol. The Bertz CT molecular complexity index is 1140. The van der Waals surface area contributed by atoms with Gasteiger partial charge in [-0.25, -0.2) is 4.98 Å². The van der Waals surface area contributed by atoms with Crippen LogP contribution in [-0.4, -0.2) is 21.2 Å². The van der Waals surface area contributed by atoms with Crippen molar-refractivity contribution in [2.75, 3.05) is 5.32 Å². The van der Waals surface area contributed by atoms with Gasteiger partial charge in [-0.2, -0.15) is 0 Å². The number of ketones is 1. The van der Waals surface area contributed by atoms with Crippen LogP contribution in [0.4, 0.5) is 5.69 Å². The summed E-state index contributed by atoms with van der Waals surface area (Å²) in [5.74, 6) is 0.0294. The molecule has 4 aromatic rings. The maximum Gasteiger partial charge on any atom is 0.255 e. The third-order valence-electron chi connectivity index (χ3n) is 4.44. The van der Waals surface area contributed by atoms with Gasteiger partial charge in [-0.3, -0.25) is 9.59 Å². The summed E-state index contributed by atoms with van der Waals surface area (Å²) >= 11 is 0. The highest BCUT2D eigenvalue weighted by atomic mass is 16.1. The van der Waals surface area contributed by atoms with Gasteiger partial charge in [0.25, 0.3) is 5.91 Å². The van der Waals surface area contributed by atoms with Gasteiger partial charge in [0.15, 0.2) is 5.82 Å². The normalized spacial score (nSPS) is 10.7. The second-order valence-corrected chi connectivity index (χ2v) is 6.28. The predicted molar refractivity (Wildman–Crippen MR) is 105 cm³/mol. The largest absolute Gasteiger partial charge is 0.331 e. The van der Waals surface area contributed by atoms with Crippen LogP contribution in [0.25, 0.3) is 10.8 Å². The Morgan fingerprint density at radius 1 is 0.889 bits per heavy atom. The number of hydrogen-bond acceptors (Lipinski definition) is 3. The Labute approximate surface area is 156 Å². The molecule has 1 heterocycles. The zero-order valence-electron chi connectivity index (χ0n) is 14.7. The van der Waals surface area contributed by atoms with Crippen LogP contribution in [0.5, 0.6) is 0 Å². The number of imidazole rings is 1. The van der Waals surface area contributed by atoms with Crippen molar-refractivity contribution < 1.29 is 9.59 Å². The summed E-state index contributed by atoms with van der Waals surface area (Å²) in [7, 11) is 1.78. The van der Waals surface area contributed by atoms with Gasteiger partial charge in [0, 0.05) is 36.3 Å². The molecule has 0 saturated carbocycles. The fraction of sp³-hybridized carbons (Fsp3) is 0.0455. The standard InChI is InChI=1S/C22H17N3O2/c1-25-13-12-23-21(25)20(26)16-8-10-19(11-9-16)24-22(27)18-7-6-15-4-2-3-5-17(15)14-18/h2-14H,1H3,(H,24,27). The third-order valence-corrected chi connectivity index (χ3v) is 4.44. The fourth-order valence-electron chi connectivity index (χ4n) is 2.95. The van der Waals surface area contributed by atoms with E-state index in [-0.39, 0.29) is 11.7 Å². The summed E-state index contributed by atoms with van der Waals surface area (Å²) in [4.78, 5) is 29.0. The number of benzene rings is 3. The van der Waals surface area contributed by atoms with E-state index in [4.69, 9.17) is 0 Å². The lowest BCUT2D eigenvalue weighted by Crippen LogP contribution is -2.12. The molecule has 0 atom stereocenters. The molecule has 3 aromatic carbocycles. The number of anilines is 1. The van der Waals surface area contributed by atoms with Gasteiger partial charge in [0.1, 0.15) is 0 Å². The lowest BCUT2D eigenvalue weighted by molar-refractivity contribution is 0.102. The molecule has 5 nitrogen and oxygen atoms in total. The number of amides is 1. The molecule has 0 radical (unpaired) electrons. The summed E-state index contributed by atoms with van der Waals surface area (Å²) in [6.07, 6.45) is 3.32. The molecular formula is C22H17N3O2. The molecule has 0 aliphatic rings. The van der Waals surface area contributed by atoms with E-state index in [0.717, 1.165) is 10.8 Å². The smallest absolute Gasteiger partial charge is 0.255 e. The number of nitrogens with zero attached hydrogens (tertiary/aromatic N) is 2. The maximum absolute atomic E-state index is 12.5. The first-order chi connectivity index (χ1) is 13.1. The first kappa shape index (κ1) is 16.7. The first-order valence-electron chi connectivity index (χ1n) is 8.54. The highest BCUT2D eigenvalue weighted by Gasteiger charge is 2.14. The second-order valence-electron chi connectivity index (χ2n) is 6.28. The van der Waals surface area contributed by atoms with Crippen molar-refractivity contribution >= 4 is 28.2 Å². The first-order valence-corrected chi connectivity index (χ1v) is 8.54. The molecule has 0 aliphatic heterocycles. The van der Waals surface area contributed by atoms with E-state index in [1.165, 1.54) is 0 Å². The molecule has 132 valence electrons. The lowest BCUT2D eigenvalue weighted by Gasteiger charge is -2.07. The summed E-state index contributed by atoms with van der Waals surface area (Å²) in [5.41, 5.74) is 1.74. The van der Waals surface area contributed by atoms with Gasteiger partial charge >= 0.3 is 0 Å². The Kier molecular flexibility index (Phi) is 4.26. The molecule has 0 bridgehead atoms. The topological polar surface area (TPSA) is 64.0 Å². The number of hydrogen-bond donors (Lipinski definition) is 1. The minimum absolute atomic E-state index is 0.157. The highest BCUT2D eigenvalue weighted by molar-refractivity contribution is 6.08. The van der Waals surface area contributed by atoms with Crippen LogP contribution >= 0.6 is 0 Å². The van der Waals surface area contributed by atoms with Gasteiger partial charge < -0.3 is 9.88 Å². The van der Waals surface area contributed by atoms with Crippen LogP contribution in [0, 0.1) is 0 Å². The van der Waals surface area contributed by atoms with Gasteiger partial charge in [0.05, 0.1) is 0 Å². The van der Waals surface area contributed by atoms with Crippen molar-refractivity contribution in [3.63, 3.8) is 0 Å². The van der Waals surface area contributed by atoms with Crippen LogP contribution in [0.2, 0.25) is 0 Å². The van der Waals surface area contributed by atoms with Gasteiger partial charge in [0.2, 0.25) is 5.78 Å². The van der Waals surface area contributed by atoms with Crippen molar-refractivity contribution in [2.45, 2.75) is 0 Å². The molecule has 0 saturated heterocycles. The van der Waals surface area contributed by atoms with Crippen LogP contribution in [0.1, 0.15) is 26.5 Å². The molecule has 1 N–H and O–H groups in total. The van der Waals surface area contributed by atoms with Crippen molar-refractivity contribution in [3.05, 3.63) is 96.1 Å². The Hall–Kier alpha value is -3.73. The molecule has 5 heteroatoms. The summed E-state index contributed by atoms with van der Waals surface area (Å²) in [6, 6.07) is 20.3. The van der Waals surface area contributed by atoms with Gasteiger partial charge in [-0.15, -0.1) is 0 Å². The average molecular weight is 355 g/mol. The number of aryl methyl sites for hydroxylation is 1. The minimum Gasteiger partial charge on any atom is -0.331 e. The third kappa shape index (κ3) is 3.35. The SMILES string of the molecule is Cn1ccnc1C(=O)c1ccc(NC(=O)c2ccc3ccccc3c2)cc1. The zero-order chi connectivity index (χ0) is 18.8. The second kappa shape index (κ2) is 6.88. The molecule has 1 amide bonds. The van der Waals surface area contributed by atoms with Crippen LogP contribution < -0.4 is 5.32 Å². The Morgan fingerprint density at radius 2 is 1.59 bits per heavy atom. The van der Waals surface area contributed by atoms with Crippen molar-refractivity contribution in [1.82, 2.24) is 9.55 Å². The van der Waals surface area contributed by atoms with E-state index in [9.17, 15) is 9.59 Å². The number of aromatic nitrogens is 2. The van der Waals surface area contributed by atoms with Crippen molar-refractivity contribution in [3.8, 4) is 0 Å². The highest BCUT2D eigenvalue weighted by Crippen LogP contribution is 2.18. The van der Waals surface area contributed by atoms with Crippen LogP contribution in [0.15, 0.2) is 79.1 Å². The summed E-state index contributed by atoms with van der Waals surface area (Å²) in [6.45, 7) is 0.